The average Bonchev–Trinajstić information content (AvgIpc) is 2.67. The van der Waals surface area contributed by atoms with E-state index in [-0.39, 0.29) is 6.42 Å². The molecule has 0 atom stereocenters. The molecule has 2 N–H and O–H groups in total. The number of ether oxygens (including phenoxy) is 1. The van der Waals surface area contributed by atoms with Crippen LogP contribution in [0, 0.1) is 11.3 Å². The molecule has 2 aromatic rings. The number of aliphatic carboxylic acids is 1. The second-order valence-corrected chi connectivity index (χ2v) is 9.44. The van der Waals surface area contributed by atoms with E-state index in [2.05, 4.69) is 62.5 Å². The van der Waals surface area contributed by atoms with Gasteiger partial charge in [0.05, 0.1) is 12.5 Å². The van der Waals surface area contributed by atoms with E-state index in [1.807, 2.05) is 0 Å². The zero-order valence-electron chi connectivity index (χ0n) is 18.0. The normalized spacial score (nSPS) is 20.0. The van der Waals surface area contributed by atoms with Gasteiger partial charge in [0.25, 0.3) is 0 Å². The molecule has 0 radical (unpaired) electrons. The lowest BCUT2D eigenvalue weighted by atomic mass is 9.72. The van der Waals surface area contributed by atoms with E-state index in [1.165, 1.54) is 29.2 Å². The summed E-state index contributed by atoms with van der Waals surface area (Å²) in [5.74, 6) is 1.01. The van der Waals surface area contributed by atoms with E-state index in [9.17, 15) is 4.79 Å². The van der Waals surface area contributed by atoms with E-state index in [1.54, 1.807) is 0 Å². The summed E-state index contributed by atoms with van der Waals surface area (Å²) in [5, 5.41) is 14.3. The monoisotopic (exact) mass is 397 g/mol. The lowest BCUT2D eigenvalue weighted by Crippen LogP contribution is -2.30. The lowest BCUT2D eigenvalue weighted by molar-refractivity contribution is -0.136. The minimum atomic E-state index is -0.761. The number of nitrogens with one attached hydrogen (secondary N) is 1. The molecule has 1 saturated carbocycles. The van der Waals surface area contributed by atoms with E-state index in [0.29, 0.717) is 18.1 Å². The molecule has 0 bridgehead atoms. The zero-order chi connectivity index (χ0) is 20.9. The minimum Gasteiger partial charge on any atom is -0.490 e. The summed E-state index contributed by atoms with van der Waals surface area (Å²) in [5.41, 5.74) is 1.66. The molecular formula is C25H35NO3. The van der Waals surface area contributed by atoms with Gasteiger partial charge in [0.1, 0.15) is 5.75 Å². The van der Waals surface area contributed by atoms with Crippen LogP contribution in [0.5, 0.6) is 5.75 Å². The van der Waals surface area contributed by atoms with Gasteiger partial charge in [-0.05, 0) is 78.5 Å². The molecule has 2 aromatic carbocycles. The number of hydrogen-bond donors (Lipinski definition) is 2. The Morgan fingerprint density at radius 2 is 1.72 bits per heavy atom. The predicted molar refractivity (Wildman–Crippen MR) is 119 cm³/mol. The van der Waals surface area contributed by atoms with Gasteiger partial charge in [-0.3, -0.25) is 4.79 Å². The Hall–Kier alpha value is -2.07. The highest BCUT2D eigenvalue weighted by molar-refractivity contribution is 5.84. The maximum atomic E-state index is 10.5. The van der Waals surface area contributed by atoms with Gasteiger partial charge in [-0.15, -0.1) is 0 Å². The molecule has 1 aliphatic carbocycles. The van der Waals surface area contributed by atoms with E-state index >= 15 is 0 Å². The van der Waals surface area contributed by atoms with Crippen LogP contribution in [0.25, 0.3) is 10.8 Å². The third-order valence-corrected chi connectivity index (χ3v) is 6.18. The smallest absolute Gasteiger partial charge is 0.304 e. The third kappa shape index (κ3) is 6.46. The highest BCUT2D eigenvalue weighted by Crippen LogP contribution is 2.39. The van der Waals surface area contributed by atoms with Gasteiger partial charge < -0.3 is 15.2 Å². The predicted octanol–water partition coefficient (Wildman–Crippen LogP) is 5.43. The number of rotatable bonds is 8. The van der Waals surface area contributed by atoms with E-state index in [4.69, 9.17) is 9.84 Å². The van der Waals surface area contributed by atoms with Crippen LogP contribution in [-0.4, -0.2) is 30.3 Å². The number of carbonyl (C=O) groups is 1. The molecule has 0 unspecified atom stereocenters. The standard InChI is InChI=1S/C25H35NO3/c1-25(2,3)21-7-10-22(11-8-21)29-23-9-6-19-16-18(4-5-20(19)17-23)12-14-26-15-13-24(27)28/h4-6,9,16-17,21-22,26H,7-8,10-15H2,1-3H3,(H,27,28)/t21-,22-. The van der Waals surface area contributed by atoms with Crippen molar-refractivity contribution in [2.45, 2.75) is 65.4 Å². The minimum absolute atomic E-state index is 0.165. The van der Waals surface area contributed by atoms with Crippen molar-refractivity contribution in [2.24, 2.45) is 11.3 Å². The molecule has 4 nitrogen and oxygen atoms in total. The van der Waals surface area contributed by atoms with Crippen molar-refractivity contribution in [1.82, 2.24) is 5.32 Å². The van der Waals surface area contributed by atoms with Crippen molar-refractivity contribution in [2.75, 3.05) is 13.1 Å². The molecule has 3 rings (SSSR count). The first kappa shape index (κ1) is 21.6. The summed E-state index contributed by atoms with van der Waals surface area (Å²) in [7, 11) is 0. The van der Waals surface area contributed by atoms with Gasteiger partial charge >= 0.3 is 5.97 Å². The van der Waals surface area contributed by atoms with Crippen LogP contribution in [-0.2, 0) is 11.2 Å². The van der Waals surface area contributed by atoms with Gasteiger partial charge in [0.2, 0.25) is 0 Å². The highest BCUT2D eigenvalue weighted by atomic mass is 16.5. The first-order chi connectivity index (χ1) is 13.8. The quantitative estimate of drug-likeness (QED) is 0.583. The van der Waals surface area contributed by atoms with Gasteiger partial charge in [-0.25, -0.2) is 0 Å². The van der Waals surface area contributed by atoms with Crippen molar-refractivity contribution in [3.05, 3.63) is 42.0 Å². The van der Waals surface area contributed by atoms with Crippen molar-refractivity contribution in [3.63, 3.8) is 0 Å². The van der Waals surface area contributed by atoms with Gasteiger partial charge in [0, 0.05) is 6.54 Å². The van der Waals surface area contributed by atoms with Crippen LogP contribution in [0.4, 0.5) is 0 Å². The Balaban J connectivity index is 1.52. The fourth-order valence-electron chi connectivity index (χ4n) is 4.29. The van der Waals surface area contributed by atoms with Crippen LogP contribution < -0.4 is 10.1 Å². The number of carboxylic acid groups (broad SMARTS) is 1. The molecule has 1 fully saturated rings. The molecule has 1 aliphatic rings. The van der Waals surface area contributed by atoms with Crippen LogP contribution in [0.3, 0.4) is 0 Å². The summed E-state index contributed by atoms with van der Waals surface area (Å²) < 4.78 is 6.31. The van der Waals surface area contributed by atoms with Crippen molar-refractivity contribution < 1.29 is 14.6 Å². The second kappa shape index (κ2) is 9.62. The van der Waals surface area contributed by atoms with Crippen molar-refractivity contribution in [3.8, 4) is 5.75 Å². The summed E-state index contributed by atoms with van der Waals surface area (Å²) >= 11 is 0. The largest absolute Gasteiger partial charge is 0.490 e. The molecule has 29 heavy (non-hydrogen) atoms. The van der Waals surface area contributed by atoms with Crippen LogP contribution in [0.15, 0.2) is 36.4 Å². The second-order valence-electron chi connectivity index (χ2n) is 9.44. The fraction of sp³-hybridized carbons (Fsp3) is 0.560. The SMILES string of the molecule is CC(C)(C)[C@H]1CC[C@H](Oc2ccc3cc(CCNCCC(=O)O)ccc3c2)CC1. The Labute approximate surface area is 174 Å². The fourth-order valence-corrected chi connectivity index (χ4v) is 4.29. The van der Waals surface area contributed by atoms with Crippen LogP contribution in [0.1, 0.15) is 58.4 Å². The summed E-state index contributed by atoms with van der Waals surface area (Å²) in [6.45, 7) is 8.35. The Kier molecular flexibility index (Phi) is 7.18. The maximum absolute atomic E-state index is 10.5. The van der Waals surface area contributed by atoms with Crippen molar-refractivity contribution in [1.29, 1.82) is 0 Å². The third-order valence-electron chi connectivity index (χ3n) is 6.18. The number of fused-ring (bicyclic) bond motifs is 1. The average molecular weight is 398 g/mol. The summed E-state index contributed by atoms with van der Waals surface area (Å²) in [6, 6.07) is 12.9. The highest BCUT2D eigenvalue weighted by Gasteiger charge is 2.30. The first-order valence-corrected chi connectivity index (χ1v) is 10.9. The Morgan fingerprint density at radius 1 is 1.03 bits per heavy atom. The number of benzene rings is 2. The van der Waals surface area contributed by atoms with Gasteiger partial charge in [-0.2, -0.15) is 0 Å². The topological polar surface area (TPSA) is 58.6 Å². The van der Waals surface area contributed by atoms with E-state index in [0.717, 1.165) is 37.5 Å². The lowest BCUT2D eigenvalue weighted by Gasteiger charge is -2.37. The van der Waals surface area contributed by atoms with Gasteiger partial charge in [-0.1, -0.05) is 45.0 Å². The van der Waals surface area contributed by atoms with Gasteiger partial charge in [0.15, 0.2) is 0 Å². The first-order valence-electron chi connectivity index (χ1n) is 10.9. The summed E-state index contributed by atoms with van der Waals surface area (Å²) in [6.07, 6.45) is 6.20. The Morgan fingerprint density at radius 3 is 2.41 bits per heavy atom. The molecule has 0 saturated heterocycles. The van der Waals surface area contributed by atoms with Crippen LogP contribution >= 0.6 is 0 Å². The number of carboxylic acids is 1. The molecule has 4 heteroatoms. The molecule has 0 amide bonds. The molecule has 0 heterocycles. The molecule has 0 spiro atoms. The maximum Gasteiger partial charge on any atom is 0.304 e. The Bertz CT molecular complexity index is 816. The van der Waals surface area contributed by atoms with Crippen molar-refractivity contribution >= 4 is 16.7 Å². The molecular weight excluding hydrogens is 362 g/mol. The molecule has 158 valence electrons. The van der Waals surface area contributed by atoms with E-state index < -0.39 is 5.97 Å². The molecule has 0 aromatic heterocycles. The summed E-state index contributed by atoms with van der Waals surface area (Å²) in [4.78, 5) is 10.5. The zero-order valence-corrected chi connectivity index (χ0v) is 18.0. The van der Waals surface area contributed by atoms with Crippen LogP contribution in [0.2, 0.25) is 0 Å². The number of hydrogen-bond acceptors (Lipinski definition) is 3. The molecule has 0 aliphatic heterocycles.